The van der Waals surface area contributed by atoms with Crippen molar-refractivity contribution in [2.24, 2.45) is 5.92 Å². The summed E-state index contributed by atoms with van der Waals surface area (Å²) in [4.78, 5) is 14.3. The predicted octanol–water partition coefficient (Wildman–Crippen LogP) is 2.60. The molecule has 4 heteroatoms. The molecule has 1 atom stereocenters. The standard InChI is InChI=1S/C14H18BrNO2/c1-10-12(5-2-6-13(10)15)14(18)16-7-3-4-11(8-16)9-17/h2,5-6,11,17H,3-4,7-9H2,1H3. The molecule has 0 radical (unpaired) electrons. The summed E-state index contributed by atoms with van der Waals surface area (Å²) < 4.78 is 0.962. The summed E-state index contributed by atoms with van der Waals surface area (Å²) >= 11 is 3.45. The normalized spacial score (nSPS) is 19.9. The van der Waals surface area contributed by atoms with Crippen LogP contribution in [-0.4, -0.2) is 35.6 Å². The first-order valence-electron chi connectivity index (χ1n) is 6.28. The zero-order valence-corrected chi connectivity index (χ0v) is 12.1. The van der Waals surface area contributed by atoms with Crippen molar-refractivity contribution < 1.29 is 9.90 Å². The molecule has 1 heterocycles. The van der Waals surface area contributed by atoms with Crippen LogP contribution in [-0.2, 0) is 0 Å². The summed E-state index contributed by atoms with van der Waals surface area (Å²) in [5.41, 5.74) is 1.73. The Kier molecular flexibility index (Phi) is 4.40. The number of aliphatic hydroxyl groups is 1. The number of piperidine rings is 1. The zero-order valence-electron chi connectivity index (χ0n) is 10.5. The van der Waals surface area contributed by atoms with Gasteiger partial charge in [0.15, 0.2) is 0 Å². The van der Waals surface area contributed by atoms with Crippen LogP contribution in [0.3, 0.4) is 0 Å². The number of aliphatic hydroxyl groups excluding tert-OH is 1. The van der Waals surface area contributed by atoms with Gasteiger partial charge in [0.25, 0.3) is 5.91 Å². The molecule has 0 spiro atoms. The SMILES string of the molecule is Cc1c(Br)cccc1C(=O)N1CCCC(CO)C1. The molecule has 1 aliphatic rings. The van der Waals surface area contributed by atoms with Crippen LogP contribution in [0.1, 0.15) is 28.8 Å². The number of amides is 1. The highest BCUT2D eigenvalue weighted by molar-refractivity contribution is 9.10. The third-order valence-electron chi connectivity index (χ3n) is 3.56. The lowest BCUT2D eigenvalue weighted by atomic mass is 9.97. The first-order chi connectivity index (χ1) is 8.63. The Balaban J connectivity index is 2.18. The largest absolute Gasteiger partial charge is 0.396 e. The quantitative estimate of drug-likeness (QED) is 0.912. The maximum absolute atomic E-state index is 12.5. The highest BCUT2D eigenvalue weighted by Crippen LogP contribution is 2.23. The maximum Gasteiger partial charge on any atom is 0.254 e. The molecule has 1 amide bonds. The lowest BCUT2D eigenvalue weighted by Gasteiger charge is -2.32. The van der Waals surface area contributed by atoms with Gasteiger partial charge in [-0.1, -0.05) is 22.0 Å². The van der Waals surface area contributed by atoms with E-state index in [1.165, 1.54) is 0 Å². The van der Waals surface area contributed by atoms with Crippen molar-refractivity contribution in [3.8, 4) is 0 Å². The maximum atomic E-state index is 12.5. The average Bonchev–Trinajstić information content (AvgIpc) is 2.41. The van der Waals surface area contributed by atoms with E-state index in [9.17, 15) is 9.90 Å². The minimum Gasteiger partial charge on any atom is -0.396 e. The third kappa shape index (κ3) is 2.75. The number of carbonyl (C=O) groups excluding carboxylic acids is 1. The molecule has 1 aliphatic heterocycles. The number of hydrogen-bond acceptors (Lipinski definition) is 2. The number of halogens is 1. The molecule has 2 rings (SSSR count). The van der Waals surface area contributed by atoms with Gasteiger partial charge >= 0.3 is 0 Å². The topological polar surface area (TPSA) is 40.5 Å². The fraction of sp³-hybridized carbons (Fsp3) is 0.500. The summed E-state index contributed by atoms with van der Waals surface area (Å²) in [6.45, 7) is 3.58. The molecule has 1 aromatic rings. The van der Waals surface area contributed by atoms with E-state index in [1.54, 1.807) is 0 Å². The predicted molar refractivity (Wildman–Crippen MR) is 74.6 cm³/mol. The van der Waals surface area contributed by atoms with Gasteiger partial charge in [0.1, 0.15) is 0 Å². The van der Waals surface area contributed by atoms with Gasteiger partial charge < -0.3 is 10.0 Å². The van der Waals surface area contributed by atoms with Crippen molar-refractivity contribution in [3.63, 3.8) is 0 Å². The second-order valence-electron chi connectivity index (χ2n) is 4.85. The monoisotopic (exact) mass is 311 g/mol. The van der Waals surface area contributed by atoms with Crippen LogP contribution in [0.2, 0.25) is 0 Å². The smallest absolute Gasteiger partial charge is 0.254 e. The van der Waals surface area contributed by atoms with Crippen LogP contribution in [0.15, 0.2) is 22.7 Å². The molecule has 18 heavy (non-hydrogen) atoms. The Morgan fingerprint density at radius 2 is 2.33 bits per heavy atom. The minimum absolute atomic E-state index is 0.0759. The van der Waals surface area contributed by atoms with E-state index in [1.807, 2.05) is 30.0 Å². The van der Waals surface area contributed by atoms with Crippen molar-refractivity contribution >= 4 is 21.8 Å². The molecule has 1 saturated heterocycles. The van der Waals surface area contributed by atoms with Crippen molar-refractivity contribution in [2.75, 3.05) is 19.7 Å². The van der Waals surface area contributed by atoms with E-state index < -0.39 is 0 Å². The molecule has 0 aliphatic carbocycles. The summed E-state index contributed by atoms with van der Waals surface area (Å²) in [7, 11) is 0. The Hall–Kier alpha value is -0.870. The average molecular weight is 312 g/mol. The Bertz CT molecular complexity index is 447. The van der Waals surface area contributed by atoms with Crippen LogP contribution in [0.25, 0.3) is 0 Å². The molecular weight excluding hydrogens is 294 g/mol. The number of hydrogen-bond donors (Lipinski definition) is 1. The fourth-order valence-corrected chi connectivity index (χ4v) is 2.77. The lowest BCUT2D eigenvalue weighted by Crippen LogP contribution is -2.41. The van der Waals surface area contributed by atoms with E-state index in [-0.39, 0.29) is 18.4 Å². The van der Waals surface area contributed by atoms with Gasteiger partial charge in [-0.2, -0.15) is 0 Å². The van der Waals surface area contributed by atoms with E-state index in [4.69, 9.17) is 0 Å². The molecule has 1 unspecified atom stereocenters. The van der Waals surface area contributed by atoms with Gasteiger partial charge in [0.2, 0.25) is 0 Å². The van der Waals surface area contributed by atoms with Gasteiger partial charge in [0.05, 0.1) is 0 Å². The summed E-state index contributed by atoms with van der Waals surface area (Å²) in [6, 6.07) is 5.70. The van der Waals surface area contributed by atoms with Crippen LogP contribution in [0.5, 0.6) is 0 Å². The van der Waals surface area contributed by atoms with Gasteiger partial charge in [-0.25, -0.2) is 0 Å². The van der Waals surface area contributed by atoms with E-state index >= 15 is 0 Å². The first-order valence-corrected chi connectivity index (χ1v) is 7.08. The van der Waals surface area contributed by atoms with Gasteiger partial charge in [0, 0.05) is 29.7 Å². The highest BCUT2D eigenvalue weighted by atomic mass is 79.9. The van der Waals surface area contributed by atoms with E-state index in [0.29, 0.717) is 6.54 Å². The third-order valence-corrected chi connectivity index (χ3v) is 4.42. The Morgan fingerprint density at radius 1 is 1.56 bits per heavy atom. The van der Waals surface area contributed by atoms with E-state index in [2.05, 4.69) is 15.9 Å². The molecule has 0 bridgehead atoms. The number of benzene rings is 1. The van der Waals surface area contributed by atoms with Crippen LogP contribution in [0.4, 0.5) is 0 Å². The van der Waals surface area contributed by atoms with Crippen LogP contribution in [0, 0.1) is 12.8 Å². The van der Waals surface area contributed by atoms with Crippen LogP contribution >= 0.6 is 15.9 Å². The van der Waals surface area contributed by atoms with Crippen LogP contribution < -0.4 is 0 Å². The number of rotatable bonds is 2. The Morgan fingerprint density at radius 3 is 3.06 bits per heavy atom. The molecule has 0 saturated carbocycles. The van der Waals surface area contributed by atoms with Gasteiger partial charge in [-0.3, -0.25) is 4.79 Å². The number of carbonyl (C=O) groups is 1. The molecular formula is C14H18BrNO2. The first kappa shape index (κ1) is 13.6. The second kappa shape index (κ2) is 5.85. The van der Waals surface area contributed by atoms with Gasteiger partial charge in [-0.05, 0) is 43.4 Å². The zero-order chi connectivity index (χ0) is 13.1. The summed E-state index contributed by atoms with van der Waals surface area (Å²) in [5.74, 6) is 0.308. The van der Waals surface area contributed by atoms with Crippen molar-refractivity contribution in [1.82, 2.24) is 4.90 Å². The number of nitrogens with zero attached hydrogens (tertiary/aromatic N) is 1. The fourth-order valence-electron chi connectivity index (χ4n) is 2.41. The Labute approximate surface area is 116 Å². The summed E-state index contributed by atoms with van der Waals surface area (Å²) in [6.07, 6.45) is 1.99. The molecule has 1 aromatic carbocycles. The summed E-state index contributed by atoms with van der Waals surface area (Å²) in [5, 5.41) is 9.21. The van der Waals surface area contributed by atoms with E-state index in [0.717, 1.165) is 35.0 Å². The highest BCUT2D eigenvalue weighted by Gasteiger charge is 2.25. The van der Waals surface area contributed by atoms with Crippen molar-refractivity contribution in [3.05, 3.63) is 33.8 Å². The lowest BCUT2D eigenvalue weighted by molar-refractivity contribution is 0.0620. The molecule has 1 fully saturated rings. The molecule has 0 aromatic heterocycles. The second-order valence-corrected chi connectivity index (χ2v) is 5.71. The van der Waals surface area contributed by atoms with Crippen molar-refractivity contribution in [1.29, 1.82) is 0 Å². The molecule has 3 nitrogen and oxygen atoms in total. The molecule has 1 N–H and O–H groups in total. The minimum atomic E-state index is 0.0759. The number of likely N-dealkylation sites (tertiary alicyclic amines) is 1. The van der Waals surface area contributed by atoms with Crippen molar-refractivity contribution in [2.45, 2.75) is 19.8 Å². The molecule has 98 valence electrons. The van der Waals surface area contributed by atoms with Gasteiger partial charge in [-0.15, -0.1) is 0 Å².